The summed E-state index contributed by atoms with van der Waals surface area (Å²) in [7, 11) is 0. The molecule has 1 heterocycles. The van der Waals surface area contributed by atoms with Gasteiger partial charge >= 0.3 is 6.18 Å². The lowest BCUT2D eigenvalue weighted by atomic mass is 9.73. The van der Waals surface area contributed by atoms with Gasteiger partial charge in [0, 0.05) is 24.0 Å². The van der Waals surface area contributed by atoms with Gasteiger partial charge in [0.05, 0.1) is 11.0 Å². The quantitative estimate of drug-likeness (QED) is 0.755. The molecule has 0 spiro atoms. The van der Waals surface area contributed by atoms with E-state index in [0.717, 1.165) is 17.7 Å². The van der Waals surface area contributed by atoms with Gasteiger partial charge in [0.25, 0.3) is 0 Å². The van der Waals surface area contributed by atoms with Gasteiger partial charge in [0.15, 0.2) is 0 Å². The van der Waals surface area contributed by atoms with Gasteiger partial charge in [0.1, 0.15) is 0 Å². The van der Waals surface area contributed by atoms with Crippen molar-refractivity contribution >= 4 is 17.5 Å². The van der Waals surface area contributed by atoms with E-state index in [4.69, 9.17) is 11.5 Å². The van der Waals surface area contributed by atoms with E-state index in [1.54, 1.807) is 0 Å². The van der Waals surface area contributed by atoms with Crippen molar-refractivity contribution in [2.45, 2.75) is 25.4 Å². The molecule has 8 heteroatoms. The number of primary amides is 2. The molecule has 1 aliphatic rings. The van der Waals surface area contributed by atoms with Crippen LogP contribution in [0.1, 0.15) is 24.0 Å². The maximum absolute atomic E-state index is 13.1. The summed E-state index contributed by atoms with van der Waals surface area (Å²) in [5, 5.41) is 0. The number of carbonyl (C=O) groups excluding carboxylic acids is 2. The Morgan fingerprint density at radius 1 is 1.03 bits per heavy atom. The minimum absolute atomic E-state index is 0.0416. The van der Waals surface area contributed by atoms with Gasteiger partial charge in [-0.2, -0.15) is 13.2 Å². The predicted octanol–water partition coefficient (Wildman–Crippen LogP) is 3.39. The van der Waals surface area contributed by atoms with Crippen molar-refractivity contribution in [1.82, 2.24) is 0 Å². The molecular formula is C22H22F3N3O2. The van der Waals surface area contributed by atoms with Crippen LogP contribution in [-0.2, 0) is 22.2 Å². The number of alkyl halides is 3. The van der Waals surface area contributed by atoms with Gasteiger partial charge in [-0.15, -0.1) is 0 Å². The lowest BCUT2D eigenvalue weighted by Gasteiger charge is -2.40. The van der Waals surface area contributed by atoms with Gasteiger partial charge in [-0.05, 0) is 43.0 Å². The van der Waals surface area contributed by atoms with E-state index >= 15 is 0 Å². The molecule has 1 aliphatic heterocycles. The third-order valence-electron chi connectivity index (χ3n) is 5.39. The fourth-order valence-corrected chi connectivity index (χ4v) is 3.69. The second-order valence-corrected chi connectivity index (χ2v) is 7.50. The van der Waals surface area contributed by atoms with E-state index in [-0.39, 0.29) is 24.2 Å². The molecule has 4 N–H and O–H groups in total. The Morgan fingerprint density at radius 3 is 2.33 bits per heavy atom. The fraction of sp³-hybridized carbons (Fsp3) is 0.273. The Hall–Kier alpha value is -3.29. The Labute approximate surface area is 172 Å². The van der Waals surface area contributed by atoms with E-state index in [1.807, 2.05) is 30.3 Å². The second kappa shape index (κ2) is 8.22. The van der Waals surface area contributed by atoms with Gasteiger partial charge in [-0.3, -0.25) is 9.59 Å². The number of anilines is 1. The standard InChI is InChI=1S/C22H22F3N3O2/c23-22(24,25)17-7-4-8-18(11-17)28-13-16(19(26)29)12-21(14-28,20(27)30)10-9-15-5-2-1-3-6-15/h1-8,11,13H,9-10,12,14H2,(H2,26,29)(H2,27,30). The third-order valence-corrected chi connectivity index (χ3v) is 5.39. The molecule has 5 nitrogen and oxygen atoms in total. The summed E-state index contributed by atoms with van der Waals surface area (Å²) in [6.45, 7) is 0.0489. The van der Waals surface area contributed by atoms with Crippen LogP contribution in [0.25, 0.3) is 0 Å². The first-order chi connectivity index (χ1) is 14.1. The molecule has 0 fully saturated rings. The highest BCUT2D eigenvalue weighted by atomic mass is 19.4. The van der Waals surface area contributed by atoms with E-state index in [2.05, 4.69) is 0 Å². The molecule has 2 aromatic rings. The summed E-state index contributed by atoms with van der Waals surface area (Å²) in [6, 6.07) is 14.1. The SMILES string of the molecule is NC(=O)C1=CN(c2cccc(C(F)(F)F)c2)CC(CCc2ccccc2)(C(N)=O)C1. The molecule has 0 radical (unpaired) electrons. The number of nitrogens with two attached hydrogens (primary N) is 2. The first-order valence-electron chi connectivity index (χ1n) is 9.39. The molecule has 158 valence electrons. The first-order valence-corrected chi connectivity index (χ1v) is 9.39. The maximum atomic E-state index is 13.1. The molecule has 2 aromatic carbocycles. The summed E-state index contributed by atoms with van der Waals surface area (Å²) in [6.07, 6.45) is -2.23. The molecule has 30 heavy (non-hydrogen) atoms. The molecule has 0 saturated heterocycles. The van der Waals surface area contributed by atoms with Crippen molar-refractivity contribution in [3.63, 3.8) is 0 Å². The Morgan fingerprint density at radius 2 is 1.73 bits per heavy atom. The van der Waals surface area contributed by atoms with Crippen molar-refractivity contribution in [2.24, 2.45) is 16.9 Å². The molecule has 0 saturated carbocycles. The van der Waals surface area contributed by atoms with Crippen LogP contribution in [-0.4, -0.2) is 18.4 Å². The van der Waals surface area contributed by atoms with Crippen molar-refractivity contribution < 1.29 is 22.8 Å². The highest BCUT2D eigenvalue weighted by Gasteiger charge is 2.43. The zero-order valence-corrected chi connectivity index (χ0v) is 16.2. The topological polar surface area (TPSA) is 89.4 Å². The number of amides is 2. The molecule has 3 rings (SSSR count). The summed E-state index contributed by atoms with van der Waals surface area (Å²) in [5.74, 6) is -1.36. The minimum Gasteiger partial charge on any atom is -0.369 e. The van der Waals surface area contributed by atoms with Crippen LogP contribution in [0.15, 0.2) is 66.4 Å². The lowest BCUT2D eigenvalue weighted by molar-refractivity contribution is -0.137. The van der Waals surface area contributed by atoms with Gasteiger partial charge in [0.2, 0.25) is 11.8 Å². The van der Waals surface area contributed by atoms with Crippen molar-refractivity contribution in [3.05, 3.63) is 77.5 Å². The second-order valence-electron chi connectivity index (χ2n) is 7.50. The largest absolute Gasteiger partial charge is 0.416 e. The van der Waals surface area contributed by atoms with Crippen LogP contribution in [0.2, 0.25) is 0 Å². The van der Waals surface area contributed by atoms with Crippen LogP contribution in [0.3, 0.4) is 0 Å². The van der Waals surface area contributed by atoms with Crippen molar-refractivity contribution in [1.29, 1.82) is 0 Å². The number of benzene rings is 2. The molecule has 0 bridgehead atoms. The number of nitrogens with zero attached hydrogens (tertiary/aromatic N) is 1. The molecule has 0 aromatic heterocycles. The van der Waals surface area contributed by atoms with E-state index in [1.165, 1.54) is 23.2 Å². The summed E-state index contributed by atoms with van der Waals surface area (Å²) < 4.78 is 39.4. The zero-order chi connectivity index (χ0) is 21.9. The highest BCUT2D eigenvalue weighted by Crippen LogP contribution is 2.39. The van der Waals surface area contributed by atoms with E-state index in [0.29, 0.717) is 12.8 Å². The monoisotopic (exact) mass is 417 g/mol. The zero-order valence-electron chi connectivity index (χ0n) is 16.2. The van der Waals surface area contributed by atoms with Gasteiger partial charge < -0.3 is 16.4 Å². The van der Waals surface area contributed by atoms with Gasteiger partial charge in [-0.25, -0.2) is 0 Å². The van der Waals surface area contributed by atoms with Crippen LogP contribution >= 0.6 is 0 Å². The third kappa shape index (κ3) is 4.64. The smallest absolute Gasteiger partial charge is 0.369 e. The normalized spacial score (nSPS) is 19.3. The van der Waals surface area contributed by atoms with Crippen LogP contribution in [0.5, 0.6) is 0 Å². The molecule has 1 unspecified atom stereocenters. The molecule has 2 amide bonds. The summed E-state index contributed by atoms with van der Waals surface area (Å²) >= 11 is 0. The Kier molecular flexibility index (Phi) is 5.87. The van der Waals surface area contributed by atoms with Gasteiger partial charge in [-0.1, -0.05) is 36.4 Å². The maximum Gasteiger partial charge on any atom is 0.416 e. The number of hydrogen-bond acceptors (Lipinski definition) is 3. The number of aryl methyl sites for hydroxylation is 1. The minimum atomic E-state index is -4.52. The Bertz CT molecular complexity index is 973. The number of carbonyl (C=O) groups is 2. The number of hydrogen-bond donors (Lipinski definition) is 2. The van der Waals surface area contributed by atoms with E-state index in [9.17, 15) is 22.8 Å². The first kappa shape index (κ1) is 21.4. The average Bonchev–Trinajstić information content (AvgIpc) is 2.72. The van der Waals surface area contributed by atoms with Crippen molar-refractivity contribution in [3.8, 4) is 0 Å². The van der Waals surface area contributed by atoms with Crippen LogP contribution in [0.4, 0.5) is 18.9 Å². The van der Waals surface area contributed by atoms with Crippen LogP contribution < -0.4 is 16.4 Å². The van der Waals surface area contributed by atoms with Crippen LogP contribution in [0, 0.1) is 5.41 Å². The molecule has 1 atom stereocenters. The average molecular weight is 417 g/mol. The Balaban J connectivity index is 1.97. The predicted molar refractivity (Wildman–Crippen MR) is 107 cm³/mol. The molecular weight excluding hydrogens is 395 g/mol. The summed E-state index contributed by atoms with van der Waals surface area (Å²) in [4.78, 5) is 25.9. The lowest BCUT2D eigenvalue weighted by Crippen LogP contribution is -2.49. The highest BCUT2D eigenvalue weighted by molar-refractivity contribution is 5.95. The fourth-order valence-electron chi connectivity index (χ4n) is 3.69. The van der Waals surface area contributed by atoms with E-state index < -0.39 is 29.0 Å². The molecule has 0 aliphatic carbocycles. The van der Waals surface area contributed by atoms with Crippen molar-refractivity contribution in [2.75, 3.05) is 11.4 Å². The summed E-state index contributed by atoms with van der Waals surface area (Å²) in [5.41, 5.74) is 10.6. The number of rotatable bonds is 6. The number of halogens is 3.